The molecule has 8 heteroatoms. The van der Waals surface area contributed by atoms with E-state index in [-0.39, 0.29) is 12.8 Å². The number of para-hydroxylation sites is 1. The van der Waals surface area contributed by atoms with Crippen molar-refractivity contribution in [3.8, 4) is 0 Å². The first-order chi connectivity index (χ1) is 14.9. The van der Waals surface area contributed by atoms with Crippen molar-refractivity contribution in [3.63, 3.8) is 0 Å². The molecule has 0 saturated heterocycles. The molecule has 2 N–H and O–H groups in total. The summed E-state index contributed by atoms with van der Waals surface area (Å²) < 4.78 is 0. The first-order valence-electron chi connectivity index (χ1n) is 9.52. The van der Waals surface area contributed by atoms with Crippen molar-refractivity contribution in [3.05, 3.63) is 77.3 Å². The van der Waals surface area contributed by atoms with Gasteiger partial charge in [0.2, 0.25) is 11.8 Å². The quantitative estimate of drug-likeness (QED) is 0.408. The normalized spacial score (nSPS) is 10.9. The fraction of sp³-hybridized carbons (Fsp3) is 0.130. The Balaban J connectivity index is 1.64. The van der Waals surface area contributed by atoms with Crippen LogP contribution in [0.2, 0.25) is 5.02 Å². The van der Waals surface area contributed by atoms with Crippen LogP contribution in [0.3, 0.4) is 0 Å². The predicted octanol–water partition coefficient (Wildman–Crippen LogP) is 4.16. The van der Waals surface area contributed by atoms with Crippen LogP contribution in [0.1, 0.15) is 18.4 Å². The van der Waals surface area contributed by atoms with Crippen molar-refractivity contribution in [2.24, 2.45) is 5.10 Å². The van der Waals surface area contributed by atoms with E-state index in [0.717, 1.165) is 21.3 Å². The molecule has 31 heavy (non-hydrogen) atoms. The average molecular weight is 438 g/mol. The maximum absolute atomic E-state index is 12.5. The lowest BCUT2D eigenvalue weighted by Gasteiger charge is -2.15. The fourth-order valence-corrected chi connectivity index (χ4v) is 3.05. The molecule has 0 bridgehead atoms. The summed E-state index contributed by atoms with van der Waals surface area (Å²) in [5.41, 5.74) is 1.16. The molecule has 0 unspecified atom stereocenters. The third kappa shape index (κ3) is 6.38. The molecule has 0 aliphatic heterocycles. The van der Waals surface area contributed by atoms with Crippen LogP contribution in [-0.2, 0) is 14.4 Å². The summed E-state index contributed by atoms with van der Waals surface area (Å²) in [4.78, 5) is 35.8. The molecule has 0 radical (unpaired) electrons. The number of hydrogen-bond donors (Lipinski definition) is 2. The second-order valence-electron chi connectivity index (χ2n) is 6.72. The minimum absolute atomic E-state index is 0.133. The highest BCUT2D eigenvalue weighted by atomic mass is 35.5. The van der Waals surface area contributed by atoms with E-state index >= 15 is 0 Å². The molecule has 0 aliphatic carbocycles. The van der Waals surface area contributed by atoms with Crippen LogP contribution >= 0.6 is 11.6 Å². The molecule has 2 amide bonds. The Kier molecular flexibility index (Phi) is 7.35. The highest BCUT2D eigenvalue weighted by molar-refractivity contribution is 6.33. The number of hydrogen-bond acceptors (Lipinski definition) is 4. The molecule has 0 aromatic heterocycles. The molecule has 0 aliphatic rings. The Hall–Kier alpha value is -3.71. The van der Waals surface area contributed by atoms with Gasteiger partial charge in [-0.25, -0.2) is 5.01 Å². The topological polar surface area (TPSA) is 99.1 Å². The maximum atomic E-state index is 12.5. The van der Waals surface area contributed by atoms with Gasteiger partial charge in [-0.15, -0.1) is 0 Å². The summed E-state index contributed by atoms with van der Waals surface area (Å²) >= 11 is 6.00. The number of carboxylic acids is 1. The molecular weight excluding hydrogens is 418 g/mol. The Morgan fingerprint density at radius 1 is 0.968 bits per heavy atom. The Bertz CT molecular complexity index is 1150. The Morgan fingerprint density at radius 2 is 1.68 bits per heavy atom. The summed E-state index contributed by atoms with van der Waals surface area (Å²) in [5.74, 6) is -2.19. The van der Waals surface area contributed by atoms with E-state index in [1.807, 2.05) is 42.5 Å². The monoisotopic (exact) mass is 437 g/mol. The summed E-state index contributed by atoms with van der Waals surface area (Å²) in [7, 11) is 0. The van der Waals surface area contributed by atoms with Gasteiger partial charge in [-0.3, -0.25) is 14.4 Å². The van der Waals surface area contributed by atoms with Crippen LogP contribution in [0, 0.1) is 0 Å². The number of halogens is 1. The molecule has 3 aromatic rings. The number of aliphatic carboxylic acids is 1. The Morgan fingerprint density at radius 3 is 2.42 bits per heavy atom. The van der Waals surface area contributed by atoms with Gasteiger partial charge >= 0.3 is 5.97 Å². The van der Waals surface area contributed by atoms with Crippen molar-refractivity contribution in [1.82, 2.24) is 5.01 Å². The SMILES string of the molecule is O=C(O)CN(/N=C/c1ccc2ccccc2c1)C(=O)CCC(=O)Nc1ccccc1Cl. The van der Waals surface area contributed by atoms with Crippen LogP contribution in [0.15, 0.2) is 71.8 Å². The van der Waals surface area contributed by atoms with Crippen LogP contribution in [0.5, 0.6) is 0 Å². The number of nitrogens with zero attached hydrogens (tertiary/aromatic N) is 2. The van der Waals surface area contributed by atoms with Crippen molar-refractivity contribution < 1.29 is 19.5 Å². The van der Waals surface area contributed by atoms with E-state index in [2.05, 4.69) is 10.4 Å². The number of carboxylic acid groups (broad SMARTS) is 1. The lowest BCUT2D eigenvalue weighted by Crippen LogP contribution is -2.32. The summed E-state index contributed by atoms with van der Waals surface area (Å²) in [6.45, 7) is -0.602. The molecule has 0 fully saturated rings. The minimum atomic E-state index is -1.20. The minimum Gasteiger partial charge on any atom is -0.480 e. The van der Waals surface area contributed by atoms with E-state index in [4.69, 9.17) is 16.7 Å². The van der Waals surface area contributed by atoms with Crippen molar-refractivity contribution in [1.29, 1.82) is 0 Å². The molecule has 7 nitrogen and oxygen atoms in total. The highest BCUT2D eigenvalue weighted by Gasteiger charge is 2.17. The number of nitrogens with one attached hydrogen (secondary N) is 1. The molecule has 3 rings (SSSR count). The van der Waals surface area contributed by atoms with Crippen LogP contribution < -0.4 is 5.32 Å². The van der Waals surface area contributed by atoms with E-state index in [1.54, 1.807) is 24.3 Å². The van der Waals surface area contributed by atoms with E-state index in [1.165, 1.54) is 6.21 Å². The number of rotatable bonds is 8. The molecule has 0 spiro atoms. The van der Waals surface area contributed by atoms with Gasteiger partial charge in [0.15, 0.2) is 0 Å². The predicted molar refractivity (Wildman–Crippen MR) is 120 cm³/mol. The number of amides is 2. The molecule has 158 valence electrons. The van der Waals surface area contributed by atoms with E-state index in [9.17, 15) is 14.4 Å². The van der Waals surface area contributed by atoms with E-state index < -0.39 is 24.3 Å². The third-order valence-corrected chi connectivity index (χ3v) is 4.74. The van der Waals surface area contributed by atoms with Gasteiger partial charge in [-0.2, -0.15) is 5.10 Å². The van der Waals surface area contributed by atoms with Crippen LogP contribution in [0.25, 0.3) is 10.8 Å². The molecule has 3 aromatic carbocycles. The van der Waals surface area contributed by atoms with Gasteiger partial charge in [0.25, 0.3) is 0 Å². The number of hydrazone groups is 1. The Labute approximate surface area is 183 Å². The zero-order valence-corrected chi connectivity index (χ0v) is 17.2. The first-order valence-corrected chi connectivity index (χ1v) is 9.89. The molecular formula is C23H20ClN3O4. The largest absolute Gasteiger partial charge is 0.480 e. The van der Waals surface area contributed by atoms with Gasteiger partial charge in [0.05, 0.1) is 16.9 Å². The number of carbonyl (C=O) groups is 3. The maximum Gasteiger partial charge on any atom is 0.325 e. The van der Waals surface area contributed by atoms with Gasteiger partial charge in [0, 0.05) is 12.8 Å². The van der Waals surface area contributed by atoms with Gasteiger partial charge < -0.3 is 10.4 Å². The highest BCUT2D eigenvalue weighted by Crippen LogP contribution is 2.20. The van der Waals surface area contributed by atoms with Crippen LogP contribution in [0.4, 0.5) is 5.69 Å². The van der Waals surface area contributed by atoms with Crippen molar-refractivity contribution in [2.45, 2.75) is 12.8 Å². The third-order valence-electron chi connectivity index (χ3n) is 4.41. The standard InChI is InChI=1S/C23H20ClN3O4/c24-19-7-3-4-8-20(19)26-21(28)11-12-22(29)27(15-23(30)31)25-14-16-9-10-17-5-1-2-6-18(17)13-16/h1-10,13-14H,11-12,15H2,(H,26,28)(H,30,31)/b25-14+. The number of fused-ring (bicyclic) bond motifs is 1. The van der Waals surface area contributed by atoms with Gasteiger partial charge in [0.1, 0.15) is 6.54 Å². The molecule has 0 heterocycles. The van der Waals surface area contributed by atoms with Crippen molar-refractivity contribution in [2.75, 3.05) is 11.9 Å². The average Bonchev–Trinajstić information content (AvgIpc) is 2.76. The number of benzene rings is 3. The number of anilines is 1. The first kappa shape index (κ1) is 22.0. The zero-order valence-electron chi connectivity index (χ0n) is 16.5. The second kappa shape index (κ2) is 10.4. The second-order valence-corrected chi connectivity index (χ2v) is 7.13. The van der Waals surface area contributed by atoms with Crippen LogP contribution in [-0.4, -0.2) is 40.7 Å². The fourth-order valence-electron chi connectivity index (χ4n) is 2.87. The molecule has 0 saturated carbocycles. The lowest BCUT2D eigenvalue weighted by molar-refractivity contribution is -0.144. The lowest BCUT2D eigenvalue weighted by atomic mass is 10.1. The van der Waals surface area contributed by atoms with Crippen molar-refractivity contribution >= 4 is 52.1 Å². The van der Waals surface area contributed by atoms with Gasteiger partial charge in [-0.1, -0.05) is 60.1 Å². The van der Waals surface area contributed by atoms with E-state index in [0.29, 0.717) is 10.7 Å². The number of carbonyl (C=O) groups excluding carboxylic acids is 2. The summed E-state index contributed by atoms with van der Waals surface area (Å²) in [5, 5.41) is 19.1. The summed E-state index contributed by atoms with van der Waals surface area (Å²) in [6.07, 6.45) is 1.10. The van der Waals surface area contributed by atoms with Gasteiger partial charge in [-0.05, 0) is 34.5 Å². The zero-order chi connectivity index (χ0) is 22.2. The molecule has 0 atom stereocenters. The smallest absolute Gasteiger partial charge is 0.325 e. The summed E-state index contributed by atoms with van der Waals surface area (Å²) in [6, 6.07) is 20.1.